The minimum Gasteiger partial charge on any atom is -0.504 e. The molecule has 84 valence electrons. The summed E-state index contributed by atoms with van der Waals surface area (Å²) in [4.78, 5) is 0. The normalized spacial score (nSPS) is 14.7. The van der Waals surface area contributed by atoms with Gasteiger partial charge < -0.3 is 25.2 Å². The Kier molecular flexibility index (Phi) is 3.90. The van der Waals surface area contributed by atoms with Gasteiger partial charge in [-0.3, -0.25) is 0 Å². The Hall–Kier alpha value is -1.30. The van der Waals surface area contributed by atoms with Crippen LogP contribution in [-0.4, -0.2) is 40.2 Å². The van der Waals surface area contributed by atoms with Crippen molar-refractivity contribution < 1.29 is 25.2 Å². The molecule has 0 radical (unpaired) electrons. The summed E-state index contributed by atoms with van der Waals surface area (Å²) >= 11 is 0. The van der Waals surface area contributed by atoms with Crippen molar-refractivity contribution in [2.75, 3.05) is 13.7 Å². The molecule has 0 saturated heterocycles. The van der Waals surface area contributed by atoms with Crippen molar-refractivity contribution in [2.45, 2.75) is 12.2 Å². The van der Waals surface area contributed by atoms with Crippen molar-refractivity contribution in [2.24, 2.45) is 0 Å². The summed E-state index contributed by atoms with van der Waals surface area (Å²) in [6.45, 7) is -0.585. The quantitative estimate of drug-likeness (QED) is 0.556. The molecule has 0 aliphatic rings. The van der Waals surface area contributed by atoms with Crippen LogP contribution in [0.4, 0.5) is 0 Å². The fourth-order valence-electron chi connectivity index (χ4n) is 1.25. The number of rotatable bonds is 4. The van der Waals surface area contributed by atoms with Gasteiger partial charge in [0.05, 0.1) is 13.7 Å². The third-order valence-electron chi connectivity index (χ3n) is 2.12. The third-order valence-corrected chi connectivity index (χ3v) is 2.12. The first-order valence-corrected chi connectivity index (χ1v) is 4.44. The molecule has 0 aliphatic heterocycles. The van der Waals surface area contributed by atoms with Gasteiger partial charge in [0.25, 0.3) is 0 Å². The molecule has 15 heavy (non-hydrogen) atoms. The Balaban J connectivity index is 3.03. The van der Waals surface area contributed by atoms with Gasteiger partial charge in [-0.25, -0.2) is 0 Å². The van der Waals surface area contributed by atoms with E-state index >= 15 is 0 Å². The fourth-order valence-corrected chi connectivity index (χ4v) is 1.25. The Labute approximate surface area is 87.2 Å². The van der Waals surface area contributed by atoms with E-state index in [1.165, 1.54) is 19.2 Å². The van der Waals surface area contributed by atoms with Gasteiger partial charge in [-0.15, -0.1) is 0 Å². The van der Waals surface area contributed by atoms with E-state index in [4.69, 9.17) is 9.84 Å². The Morgan fingerprint density at radius 3 is 2.53 bits per heavy atom. The molecule has 5 heteroatoms. The summed E-state index contributed by atoms with van der Waals surface area (Å²) in [6.07, 6.45) is -2.67. The van der Waals surface area contributed by atoms with E-state index in [2.05, 4.69) is 0 Å². The average Bonchev–Trinajstić information content (AvgIpc) is 2.27. The highest BCUT2D eigenvalue weighted by atomic mass is 16.5. The average molecular weight is 214 g/mol. The zero-order chi connectivity index (χ0) is 11.4. The molecule has 0 spiro atoms. The number of ether oxygens (including phenoxy) is 1. The number of phenolic OH excluding ortho intramolecular Hbond substituents is 1. The first-order valence-electron chi connectivity index (χ1n) is 4.44. The molecule has 0 amide bonds. The Morgan fingerprint density at radius 1 is 1.33 bits per heavy atom. The van der Waals surface area contributed by atoms with E-state index < -0.39 is 18.8 Å². The summed E-state index contributed by atoms with van der Waals surface area (Å²) in [7, 11) is 1.38. The molecule has 0 aromatic heterocycles. The van der Waals surface area contributed by atoms with Crippen LogP contribution in [-0.2, 0) is 0 Å². The Bertz CT molecular complexity index is 326. The molecular weight excluding hydrogens is 200 g/mol. The summed E-state index contributed by atoms with van der Waals surface area (Å²) < 4.78 is 4.84. The van der Waals surface area contributed by atoms with Gasteiger partial charge >= 0.3 is 0 Å². The van der Waals surface area contributed by atoms with Gasteiger partial charge in [0.2, 0.25) is 0 Å². The van der Waals surface area contributed by atoms with Gasteiger partial charge in [0.15, 0.2) is 11.5 Å². The van der Waals surface area contributed by atoms with E-state index in [1.54, 1.807) is 6.07 Å². The predicted molar refractivity (Wildman–Crippen MR) is 52.7 cm³/mol. The minimum absolute atomic E-state index is 0.121. The number of hydrogen-bond acceptors (Lipinski definition) is 5. The lowest BCUT2D eigenvalue weighted by Gasteiger charge is -2.17. The van der Waals surface area contributed by atoms with E-state index in [0.717, 1.165) is 0 Å². The first-order chi connectivity index (χ1) is 7.11. The maximum atomic E-state index is 9.63. The highest BCUT2D eigenvalue weighted by Gasteiger charge is 2.22. The molecule has 2 unspecified atom stereocenters. The maximum Gasteiger partial charge on any atom is 0.163 e. The Morgan fingerprint density at radius 2 is 2.00 bits per heavy atom. The van der Waals surface area contributed by atoms with Crippen LogP contribution < -0.4 is 4.74 Å². The zero-order valence-corrected chi connectivity index (χ0v) is 8.29. The van der Waals surface area contributed by atoms with E-state index in [-0.39, 0.29) is 17.1 Å². The standard InChI is InChI=1S/C10H14O5/c1-15-8-4-2-3-6(10(8)14)9(13)7(12)5-11/h2-4,7,9,11-14H,5H2,1H3. The smallest absolute Gasteiger partial charge is 0.163 e. The van der Waals surface area contributed by atoms with E-state index in [1.807, 2.05) is 0 Å². The summed E-state index contributed by atoms with van der Waals surface area (Å²) in [6, 6.07) is 4.54. The molecule has 0 aliphatic carbocycles. The zero-order valence-electron chi connectivity index (χ0n) is 8.29. The number of phenols is 1. The molecule has 1 rings (SSSR count). The molecule has 1 aromatic carbocycles. The minimum atomic E-state index is -1.34. The summed E-state index contributed by atoms with van der Waals surface area (Å²) in [5.41, 5.74) is 0.121. The number of hydrogen-bond donors (Lipinski definition) is 4. The monoisotopic (exact) mass is 214 g/mol. The van der Waals surface area contributed by atoms with Crippen molar-refractivity contribution >= 4 is 0 Å². The van der Waals surface area contributed by atoms with Crippen LogP contribution in [0.5, 0.6) is 11.5 Å². The molecule has 5 nitrogen and oxygen atoms in total. The molecule has 4 N–H and O–H groups in total. The van der Waals surface area contributed by atoms with Crippen LogP contribution >= 0.6 is 0 Å². The fraction of sp³-hybridized carbons (Fsp3) is 0.400. The summed E-state index contributed by atoms with van der Waals surface area (Å²) in [5, 5.41) is 37.1. The second kappa shape index (κ2) is 4.97. The first kappa shape index (κ1) is 11.8. The second-order valence-corrected chi connectivity index (χ2v) is 3.09. The lowest BCUT2D eigenvalue weighted by molar-refractivity contribution is -0.0163. The van der Waals surface area contributed by atoms with Crippen LogP contribution in [0.2, 0.25) is 0 Å². The predicted octanol–water partition coefficient (Wildman–Crippen LogP) is -0.213. The van der Waals surface area contributed by atoms with Crippen LogP contribution in [0.1, 0.15) is 11.7 Å². The maximum absolute atomic E-state index is 9.63. The van der Waals surface area contributed by atoms with Gasteiger partial charge in [-0.1, -0.05) is 12.1 Å². The largest absolute Gasteiger partial charge is 0.504 e. The second-order valence-electron chi connectivity index (χ2n) is 3.09. The number of methoxy groups -OCH3 is 1. The van der Waals surface area contributed by atoms with E-state index in [9.17, 15) is 15.3 Å². The molecule has 0 saturated carbocycles. The van der Waals surface area contributed by atoms with Gasteiger partial charge in [-0.05, 0) is 6.07 Å². The number of para-hydroxylation sites is 1. The van der Waals surface area contributed by atoms with Crippen LogP contribution in [0, 0.1) is 0 Å². The van der Waals surface area contributed by atoms with Crippen molar-refractivity contribution in [3.05, 3.63) is 23.8 Å². The molecule has 0 bridgehead atoms. The SMILES string of the molecule is COc1cccc(C(O)C(O)CO)c1O. The highest BCUT2D eigenvalue weighted by molar-refractivity contribution is 5.46. The van der Waals surface area contributed by atoms with Crippen molar-refractivity contribution in [3.63, 3.8) is 0 Å². The number of aliphatic hydroxyl groups is 3. The lowest BCUT2D eigenvalue weighted by Crippen LogP contribution is -2.22. The van der Waals surface area contributed by atoms with Crippen molar-refractivity contribution in [3.8, 4) is 11.5 Å². The topological polar surface area (TPSA) is 90.2 Å². The summed E-state index contributed by atoms with van der Waals surface area (Å²) in [5.74, 6) is -0.0308. The van der Waals surface area contributed by atoms with Gasteiger partial charge in [-0.2, -0.15) is 0 Å². The number of aliphatic hydroxyl groups excluding tert-OH is 3. The van der Waals surface area contributed by atoms with Gasteiger partial charge in [0.1, 0.15) is 12.2 Å². The number of benzene rings is 1. The van der Waals surface area contributed by atoms with Gasteiger partial charge in [0, 0.05) is 5.56 Å². The van der Waals surface area contributed by atoms with Crippen molar-refractivity contribution in [1.82, 2.24) is 0 Å². The molecule has 1 aromatic rings. The highest BCUT2D eigenvalue weighted by Crippen LogP contribution is 2.34. The van der Waals surface area contributed by atoms with Crippen LogP contribution in [0.3, 0.4) is 0 Å². The van der Waals surface area contributed by atoms with E-state index in [0.29, 0.717) is 0 Å². The van der Waals surface area contributed by atoms with Crippen LogP contribution in [0.25, 0.3) is 0 Å². The molecule has 0 heterocycles. The third kappa shape index (κ3) is 2.38. The molecule has 0 fully saturated rings. The molecule has 2 atom stereocenters. The lowest BCUT2D eigenvalue weighted by atomic mass is 10.0. The number of aromatic hydroxyl groups is 1. The van der Waals surface area contributed by atoms with Crippen LogP contribution in [0.15, 0.2) is 18.2 Å². The molecular formula is C10H14O5. The van der Waals surface area contributed by atoms with Crippen molar-refractivity contribution in [1.29, 1.82) is 0 Å².